The maximum atomic E-state index is 11.5. The van der Waals surface area contributed by atoms with Crippen LogP contribution in [0.3, 0.4) is 0 Å². The first-order valence-electron chi connectivity index (χ1n) is 6.49. The molecule has 0 spiro atoms. The van der Waals surface area contributed by atoms with Crippen LogP contribution in [0.4, 0.5) is 26.3 Å². The first-order valence-corrected chi connectivity index (χ1v) is 6.49. The molecule has 0 aliphatic rings. The molecular formula is C14H20F6O5. The number of carboxylic acid groups (broad SMARTS) is 1. The Morgan fingerprint density at radius 2 is 1.28 bits per heavy atom. The van der Waals surface area contributed by atoms with Gasteiger partial charge in [-0.2, -0.15) is 26.3 Å². The molecule has 0 aliphatic heterocycles. The zero-order valence-corrected chi connectivity index (χ0v) is 13.6. The number of hydrogen-bond donors (Lipinski definition) is 2. The number of aliphatic carboxylic acids is 1. The van der Waals surface area contributed by atoms with Crippen molar-refractivity contribution in [1.82, 2.24) is 0 Å². The second-order valence-corrected chi connectivity index (χ2v) is 4.46. The van der Waals surface area contributed by atoms with E-state index in [1.54, 1.807) is 0 Å². The first-order chi connectivity index (χ1) is 11.0. The standard InChI is InChI=1S/C7H9F3O2.C4H6O2.C3H5F3O/c1-5(2)6(11)12-4-3-7(8,9)10;1-3(2)4(5)6;4-3(5,6)1-2-7/h1,3-4H2,2H3;1H2,2H3,(H,5,6);7H,1-2H2. The summed E-state index contributed by atoms with van der Waals surface area (Å²) in [6, 6.07) is 0. The van der Waals surface area contributed by atoms with Gasteiger partial charge >= 0.3 is 24.3 Å². The number of aliphatic hydroxyl groups is 1. The zero-order valence-electron chi connectivity index (χ0n) is 13.6. The normalized spacial score (nSPS) is 10.4. The molecule has 0 aromatic rings. The van der Waals surface area contributed by atoms with E-state index in [1.165, 1.54) is 13.8 Å². The number of hydrogen-bond acceptors (Lipinski definition) is 4. The fourth-order valence-electron chi connectivity index (χ4n) is 0.509. The van der Waals surface area contributed by atoms with Gasteiger partial charge in [0.2, 0.25) is 0 Å². The Bertz CT molecular complexity index is 428. The maximum Gasteiger partial charge on any atom is 0.392 e. The Hall–Kier alpha value is -2.04. The van der Waals surface area contributed by atoms with Crippen LogP contribution >= 0.6 is 0 Å². The summed E-state index contributed by atoms with van der Waals surface area (Å²) in [7, 11) is 0. The number of rotatable bonds is 5. The Balaban J connectivity index is -0.000000317. The van der Waals surface area contributed by atoms with Gasteiger partial charge in [0.1, 0.15) is 6.61 Å². The van der Waals surface area contributed by atoms with E-state index in [1.807, 2.05) is 0 Å². The van der Waals surface area contributed by atoms with Crippen LogP contribution in [0.15, 0.2) is 24.3 Å². The molecule has 0 aromatic heterocycles. The zero-order chi connectivity index (χ0) is 20.8. The van der Waals surface area contributed by atoms with Crippen molar-refractivity contribution in [3.63, 3.8) is 0 Å². The van der Waals surface area contributed by atoms with Crippen LogP contribution in [0, 0.1) is 0 Å². The lowest BCUT2D eigenvalue weighted by molar-refractivity contribution is -0.156. The Morgan fingerprint density at radius 3 is 1.44 bits per heavy atom. The summed E-state index contributed by atoms with van der Waals surface area (Å²) >= 11 is 0. The molecule has 0 rings (SSSR count). The van der Waals surface area contributed by atoms with Gasteiger partial charge in [-0.15, -0.1) is 0 Å². The average Bonchev–Trinajstić information content (AvgIpc) is 2.36. The van der Waals surface area contributed by atoms with Crippen LogP contribution in [0.25, 0.3) is 0 Å². The number of aliphatic hydroxyl groups excluding tert-OH is 1. The molecule has 11 heteroatoms. The highest BCUT2D eigenvalue weighted by Crippen LogP contribution is 2.19. The highest BCUT2D eigenvalue weighted by molar-refractivity contribution is 5.86. The SMILES string of the molecule is C=C(C)C(=O)O.C=C(C)C(=O)OCCC(F)(F)F.OCCC(F)(F)F. The van der Waals surface area contributed by atoms with Crippen LogP contribution in [0.1, 0.15) is 26.7 Å². The molecule has 0 bridgehead atoms. The molecule has 2 N–H and O–H groups in total. The summed E-state index contributed by atoms with van der Waals surface area (Å²) in [6.45, 7) is 7.73. The highest BCUT2D eigenvalue weighted by atomic mass is 19.4. The van der Waals surface area contributed by atoms with E-state index in [0.717, 1.165) is 0 Å². The molecule has 0 radical (unpaired) electrons. The summed E-state index contributed by atoms with van der Waals surface area (Å²) in [5, 5.41) is 15.6. The van der Waals surface area contributed by atoms with Gasteiger partial charge in [-0.1, -0.05) is 13.2 Å². The third-order valence-electron chi connectivity index (χ3n) is 1.73. The minimum absolute atomic E-state index is 0.0946. The number of ether oxygens (including phenoxy) is 1. The topological polar surface area (TPSA) is 83.8 Å². The molecule has 0 aromatic carbocycles. The van der Waals surface area contributed by atoms with Crippen molar-refractivity contribution in [3.05, 3.63) is 24.3 Å². The van der Waals surface area contributed by atoms with Crippen molar-refractivity contribution in [1.29, 1.82) is 0 Å². The van der Waals surface area contributed by atoms with Crippen molar-refractivity contribution >= 4 is 11.9 Å². The number of carbonyl (C=O) groups excluding carboxylic acids is 1. The average molecular weight is 382 g/mol. The predicted octanol–water partition coefficient (Wildman–Crippen LogP) is 3.64. The molecule has 148 valence electrons. The molecule has 0 fully saturated rings. The number of alkyl halides is 6. The number of halogens is 6. The lowest BCUT2D eigenvalue weighted by Crippen LogP contribution is -2.14. The van der Waals surface area contributed by atoms with Gasteiger partial charge in [0.05, 0.1) is 19.4 Å². The van der Waals surface area contributed by atoms with Crippen LogP contribution in [-0.2, 0) is 14.3 Å². The van der Waals surface area contributed by atoms with Crippen LogP contribution < -0.4 is 0 Å². The van der Waals surface area contributed by atoms with E-state index in [0.29, 0.717) is 0 Å². The molecule has 0 heterocycles. The van der Waals surface area contributed by atoms with E-state index in [2.05, 4.69) is 17.9 Å². The van der Waals surface area contributed by atoms with Gasteiger partial charge in [0.25, 0.3) is 0 Å². The van der Waals surface area contributed by atoms with Gasteiger partial charge in [0.15, 0.2) is 0 Å². The molecule has 0 amide bonds. The summed E-state index contributed by atoms with van der Waals surface area (Å²) < 4.78 is 71.4. The monoisotopic (exact) mass is 382 g/mol. The molecule has 0 atom stereocenters. The number of esters is 1. The minimum Gasteiger partial charge on any atom is -0.478 e. The second kappa shape index (κ2) is 13.3. The van der Waals surface area contributed by atoms with Crippen molar-refractivity contribution in [3.8, 4) is 0 Å². The smallest absolute Gasteiger partial charge is 0.392 e. The van der Waals surface area contributed by atoms with E-state index in [-0.39, 0.29) is 11.1 Å². The lowest BCUT2D eigenvalue weighted by atomic mass is 10.3. The van der Waals surface area contributed by atoms with E-state index < -0.39 is 50.3 Å². The lowest BCUT2D eigenvalue weighted by Gasteiger charge is -2.06. The van der Waals surface area contributed by atoms with Gasteiger partial charge in [-0.25, -0.2) is 9.59 Å². The van der Waals surface area contributed by atoms with Crippen molar-refractivity contribution in [2.75, 3.05) is 13.2 Å². The molecule has 25 heavy (non-hydrogen) atoms. The summed E-state index contributed by atoms with van der Waals surface area (Å²) in [4.78, 5) is 20.1. The van der Waals surface area contributed by atoms with E-state index in [9.17, 15) is 35.9 Å². The third kappa shape index (κ3) is 30.4. The van der Waals surface area contributed by atoms with Crippen LogP contribution in [0.5, 0.6) is 0 Å². The fraction of sp³-hybridized carbons (Fsp3) is 0.571. The Kier molecular flexibility index (Phi) is 14.8. The van der Waals surface area contributed by atoms with Gasteiger partial charge in [0, 0.05) is 11.1 Å². The largest absolute Gasteiger partial charge is 0.478 e. The van der Waals surface area contributed by atoms with Gasteiger partial charge in [-0.05, 0) is 13.8 Å². The predicted molar refractivity (Wildman–Crippen MR) is 76.7 cm³/mol. The van der Waals surface area contributed by atoms with Crippen molar-refractivity contribution < 1.29 is 50.9 Å². The summed E-state index contributed by atoms with van der Waals surface area (Å²) in [5.41, 5.74) is 0.271. The molecular weight excluding hydrogens is 362 g/mol. The van der Waals surface area contributed by atoms with Crippen LogP contribution in [-0.4, -0.2) is 47.7 Å². The van der Waals surface area contributed by atoms with Crippen molar-refractivity contribution in [2.45, 2.75) is 39.0 Å². The quantitative estimate of drug-likeness (QED) is 0.431. The Labute approximate surface area is 140 Å². The molecule has 5 nitrogen and oxygen atoms in total. The Morgan fingerprint density at radius 1 is 0.920 bits per heavy atom. The highest BCUT2D eigenvalue weighted by Gasteiger charge is 2.27. The molecule has 0 unspecified atom stereocenters. The number of carboxylic acids is 1. The summed E-state index contributed by atoms with van der Waals surface area (Å²) in [6.07, 6.45) is -10.7. The van der Waals surface area contributed by atoms with Gasteiger partial charge in [-0.3, -0.25) is 0 Å². The molecule has 0 aliphatic carbocycles. The summed E-state index contributed by atoms with van der Waals surface area (Å²) in [5.74, 6) is -1.73. The van der Waals surface area contributed by atoms with Crippen LogP contribution in [0.2, 0.25) is 0 Å². The molecule has 0 saturated carbocycles. The minimum atomic E-state index is -4.28. The maximum absolute atomic E-state index is 11.5. The van der Waals surface area contributed by atoms with Gasteiger partial charge < -0.3 is 14.9 Å². The number of carbonyl (C=O) groups is 2. The molecule has 0 saturated heterocycles. The second-order valence-electron chi connectivity index (χ2n) is 4.46. The van der Waals surface area contributed by atoms with E-state index >= 15 is 0 Å². The third-order valence-corrected chi connectivity index (χ3v) is 1.73. The van der Waals surface area contributed by atoms with E-state index in [4.69, 9.17) is 10.2 Å². The first kappa shape index (κ1) is 27.8. The fourth-order valence-corrected chi connectivity index (χ4v) is 0.509. The van der Waals surface area contributed by atoms with Crippen molar-refractivity contribution in [2.24, 2.45) is 0 Å².